The molecule has 1 unspecified atom stereocenters. The first kappa shape index (κ1) is 5.78. The van der Waals surface area contributed by atoms with Gasteiger partial charge in [-0.15, -0.1) is 0 Å². The summed E-state index contributed by atoms with van der Waals surface area (Å²) in [6.07, 6.45) is 0. The average molecular weight is 148 g/mol. The van der Waals surface area contributed by atoms with E-state index in [2.05, 4.69) is 30.1 Å². The zero-order valence-corrected chi connectivity index (χ0v) is 6.75. The molecule has 1 saturated heterocycles. The molecule has 2 rings (SSSR count). The number of rotatable bonds is 1. The van der Waals surface area contributed by atoms with Crippen molar-refractivity contribution in [1.82, 2.24) is 4.90 Å². The van der Waals surface area contributed by atoms with Crippen molar-refractivity contribution >= 4 is 0 Å². The highest BCUT2D eigenvalue weighted by molar-refractivity contribution is 5.31. The summed E-state index contributed by atoms with van der Waals surface area (Å²) in [4.78, 5) is 2.29. The van der Waals surface area contributed by atoms with E-state index in [1.807, 2.05) is 6.07 Å². The van der Waals surface area contributed by atoms with Crippen LogP contribution in [-0.4, -0.2) is 18.5 Å². The highest BCUT2D eigenvalue weighted by Gasteiger charge is 2.31. The molecular formula is C10H13N. The van der Waals surface area contributed by atoms with E-state index in [0.717, 1.165) is 6.54 Å². The minimum Gasteiger partial charge on any atom is -0.296 e. The fourth-order valence-corrected chi connectivity index (χ4v) is 1.42. The van der Waals surface area contributed by atoms with Crippen molar-refractivity contribution in [2.75, 3.05) is 13.6 Å². The van der Waals surface area contributed by atoms with Gasteiger partial charge in [-0.05, 0) is 25.1 Å². The van der Waals surface area contributed by atoms with Crippen molar-refractivity contribution in [1.29, 1.82) is 0 Å². The monoisotopic (exact) mass is 148 g/mol. The van der Waals surface area contributed by atoms with Crippen LogP contribution in [0.1, 0.15) is 18.5 Å². The average Bonchev–Trinajstić information content (AvgIpc) is 2.83. The third-order valence-corrected chi connectivity index (χ3v) is 2.27. The van der Waals surface area contributed by atoms with E-state index < -0.39 is 0 Å². The van der Waals surface area contributed by atoms with Crippen molar-refractivity contribution < 1.29 is 1.37 Å². The highest BCUT2D eigenvalue weighted by Crippen LogP contribution is 2.33. The summed E-state index contributed by atoms with van der Waals surface area (Å²) in [6.45, 7) is 1.55. The van der Waals surface area contributed by atoms with E-state index in [-0.39, 0.29) is 0 Å². The molecule has 1 aromatic carbocycles. The number of hydrogen-bond acceptors (Lipinski definition) is 1. The largest absolute Gasteiger partial charge is 0.296 e. The number of benzene rings is 1. The SMILES string of the molecule is [2H]Cc1ccccc1[C@H]1CN1C. The Morgan fingerprint density at radius 3 is 2.91 bits per heavy atom. The predicted octanol–water partition coefficient (Wildman–Crippen LogP) is 1.98. The molecule has 1 aliphatic rings. The van der Waals surface area contributed by atoms with Crippen molar-refractivity contribution in [3.05, 3.63) is 35.4 Å². The Hall–Kier alpha value is -0.820. The van der Waals surface area contributed by atoms with Gasteiger partial charge in [-0.3, -0.25) is 4.90 Å². The molecule has 11 heavy (non-hydrogen) atoms. The second-order valence-corrected chi connectivity index (χ2v) is 3.15. The van der Waals surface area contributed by atoms with Gasteiger partial charge in [-0.25, -0.2) is 0 Å². The molecule has 1 aromatic rings. The fourth-order valence-electron chi connectivity index (χ4n) is 1.42. The lowest BCUT2D eigenvalue weighted by molar-refractivity contribution is 0.630. The summed E-state index contributed by atoms with van der Waals surface area (Å²) < 4.78 is 7.35. The normalized spacial score (nSPS) is 29.7. The Morgan fingerprint density at radius 1 is 1.55 bits per heavy atom. The van der Waals surface area contributed by atoms with Gasteiger partial charge in [-0.1, -0.05) is 24.3 Å². The van der Waals surface area contributed by atoms with Gasteiger partial charge >= 0.3 is 0 Å². The Labute approximate surface area is 69.1 Å². The molecule has 0 saturated carbocycles. The van der Waals surface area contributed by atoms with Crippen molar-refractivity contribution in [2.24, 2.45) is 0 Å². The van der Waals surface area contributed by atoms with Gasteiger partial charge < -0.3 is 0 Å². The van der Waals surface area contributed by atoms with Crippen LogP contribution in [0.15, 0.2) is 24.3 Å². The molecule has 0 N–H and O–H groups in total. The first-order valence-corrected chi connectivity index (χ1v) is 3.90. The van der Waals surface area contributed by atoms with Crippen LogP contribution in [0.4, 0.5) is 0 Å². The Kier molecular flexibility index (Phi) is 1.23. The molecule has 0 aromatic heterocycles. The topological polar surface area (TPSA) is 3.01 Å². The molecule has 0 aliphatic carbocycles. The Morgan fingerprint density at radius 2 is 2.27 bits per heavy atom. The summed E-state index contributed by atoms with van der Waals surface area (Å²) in [6, 6.07) is 8.84. The molecule has 1 nitrogen and oxygen atoms in total. The van der Waals surface area contributed by atoms with Crippen molar-refractivity contribution in [3.8, 4) is 0 Å². The molecule has 0 amide bonds. The van der Waals surface area contributed by atoms with Crippen LogP contribution >= 0.6 is 0 Å². The van der Waals surface area contributed by atoms with Crippen LogP contribution in [0.3, 0.4) is 0 Å². The van der Waals surface area contributed by atoms with Crippen LogP contribution in [0.25, 0.3) is 0 Å². The summed E-state index contributed by atoms with van der Waals surface area (Å²) in [5.74, 6) is 0. The van der Waals surface area contributed by atoms with Gasteiger partial charge in [0, 0.05) is 14.0 Å². The molecule has 1 heteroatoms. The van der Waals surface area contributed by atoms with Crippen LogP contribution in [-0.2, 0) is 0 Å². The van der Waals surface area contributed by atoms with E-state index in [9.17, 15) is 0 Å². The molecule has 58 valence electrons. The zero-order chi connectivity index (χ0) is 8.55. The van der Waals surface area contributed by atoms with Gasteiger partial charge in [0.1, 0.15) is 0 Å². The van der Waals surface area contributed by atoms with Gasteiger partial charge in [0.15, 0.2) is 0 Å². The maximum Gasteiger partial charge on any atom is 0.0475 e. The highest BCUT2D eigenvalue weighted by atomic mass is 15.3. The van der Waals surface area contributed by atoms with Gasteiger partial charge in [0.25, 0.3) is 0 Å². The summed E-state index contributed by atoms with van der Waals surface area (Å²) in [7, 11) is 2.12. The van der Waals surface area contributed by atoms with Crippen LogP contribution in [0.2, 0.25) is 0 Å². The smallest absolute Gasteiger partial charge is 0.0475 e. The second kappa shape index (κ2) is 2.35. The Balaban J connectivity index is 2.29. The lowest BCUT2D eigenvalue weighted by Gasteiger charge is -2.01. The molecule has 0 radical (unpaired) electrons. The van der Waals surface area contributed by atoms with Crippen LogP contribution < -0.4 is 0 Å². The second-order valence-electron chi connectivity index (χ2n) is 3.15. The fraction of sp³-hybridized carbons (Fsp3) is 0.400. The number of hydrogen-bond donors (Lipinski definition) is 0. The van der Waals surface area contributed by atoms with Crippen LogP contribution in [0, 0.1) is 6.90 Å². The van der Waals surface area contributed by atoms with E-state index in [4.69, 9.17) is 1.37 Å². The molecule has 2 atom stereocenters. The Bertz CT molecular complexity index is 285. The van der Waals surface area contributed by atoms with Crippen molar-refractivity contribution in [2.45, 2.75) is 12.9 Å². The number of nitrogens with zero attached hydrogens (tertiary/aromatic N) is 1. The molecule has 1 heterocycles. The molecule has 1 fully saturated rings. The quantitative estimate of drug-likeness (QED) is 0.550. The number of likely N-dealkylation sites (N-methyl/N-ethyl adjacent to an activating group) is 1. The zero-order valence-electron chi connectivity index (χ0n) is 7.75. The van der Waals surface area contributed by atoms with E-state index >= 15 is 0 Å². The van der Waals surface area contributed by atoms with Gasteiger partial charge in [0.2, 0.25) is 0 Å². The summed E-state index contributed by atoms with van der Waals surface area (Å²) >= 11 is 0. The standard InChI is InChI=1S/C10H13N/c1-8-5-3-4-6-9(8)10-7-11(10)2/h3-6,10H,7H2,1-2H3/t10-,11?/m1/s1/i1D. The van der Waals surface area contributed by atoms with Gasteiger partial charge in [0.05, 0.1) is 0 Å². The lowest BCUT2D eigenvalue weighted by Crippen LogP contribution is -1.90. The molecule has 0 bridgehead atoms. The lowest BCUT2D eigenvalue weighted by atomic mass is 10.1. The maximum atomic E-state index is 7.35. The minimum atomic E-state index is 0.403. The van der Waals surface area contributed by atoms with Crippen molar-refractivity contribution in [3.63, 3.8) is 0 Å². The van der Waals surface area contributed by atoms with E-state index in [1.165, 1.54) is 11.1 Å². The third kappa shape index (κ3) is 1.16. The molecule has 1 aliphatic heterocycles. The first-order valence-electron chi connectivity index (χ1n) is 4.61. The molecular weight excluding hydrogens is 134 g/mol. The predicted molar refractivity (Wildman–Crippen MR) is 46.6 cm³/mol. The molecule has 0 spiro atoms. The summed E-state index contributed by atoms with van der Waals surface area (Å²) in [5.41, 5.74) is 2.52. The van der Waals surface area contributed by atoms with E-state index in [1.54, 1.807) is 0 Å². The number of aryl methyl sites for hydroxylation is 1. The summed E-state index contributed by atoms with van der Waals surface area (Å²) in [5, 5.41) is 0. The van der Waals surface area contributed by atoms with Crippen LogP contribution in [0.5, 0.6) is 0 Å². The maximum absolute atomic E-state index is 7.35. The van der Waals surface area contributed by atoms with Gasteiger partial charge in [-0.2, -0.15) is 0 Å². The minimum absolute atomic E-state index is 0.403. The third-order valence-electron chi connectivity index (χ3n) is 2.27. The van der Waals surface area contributed by atoms with E-state index in [0.29, 0.717) is 12.9 Å². The first-order chi connectivity index (χ1) is 5.83.